The molecule has 0 saturated heterocycles. The number of nitrogens with zero attached hydrogens (tertiary/aromatic N) is 2. The van der Waals surface area contributed by atoms with Crippen molar-refractivity contribution in [3.8, 4) is 6.07 Å². The van der Waals surface area contributed by atoms with Crippen LogP contribution in [-0.2, 0) is 0 Å². The number of hydrogen-bond acceptors (Lipinski definition) is 4. The number of aliphatic hydroxyl groups is 1. The summed E-state index contributed by atoms with van der Waals surface area (Å²) in [7, 11) is 0. The maximum atomic E-state index is 11.9. The Kier molecular flexibility index (Phi) is 4.48. The Morgan fingerprint density at radius 2 is 2.26 bits per heavy atom. The Balaban J connectivity index is 1.88. The number of aliphatic hydroxyl groups excluding tert-OH is 1. The molecule has 1 heterocycles. The summed E-state index contributed by atoms with van der Waals surface area (Å²) < 4.78 is 0. The summed E-state index contributed by atoms with van der Waals surface area (Å²) in [5, 5.41) is 21.3. The van der Waals surface area contributed by atoms with Gasteiger partial charge in [0, 0.05) is 18.7 Å². The minimum atomic E-state index is -0.317. The molecule has 0 aliphatic heterocycles. The topological polar surface area (TPSA) is 86.0 Å². The highest BCUT2D eigenvalue weighted by atomic mass is 16.3. The lowest BCUT2D eigenvalue weighted by atomic mass is 9.86. The van der Waals surface area contributed by atoms with Crippen LogP contribution in [0.25, 0.3) is 0 Å². The highest BCUT2D eigenvalue weighted by Crippen LogP contribution is 2.23. The van der Waals surface area contributed by atoms with Gasteiger partial charge >= 0.3 is 0 Å². The molecule has 19 heavy (non-hydrogen) atoms. The van der Waals surface area contributed by atoms with E-state index in [9.17, 15) is 9.90 Å². The molecular formula is C14H17N3O2. The number of carbonyl (C=O) groups is 1. The van der Waals surface area contributed by atoms with E-state index in [4.69, 9.17) is 5.26 Å². The van der Waals surface area contributed by atoms with E-state index in [2.05, 4.69) is 10.3 Å². The monoisotopic (exact) mass is 259 g/mol. The summed E-state index contributed by atoms with van der Waals surface area (Å²) in [6, 6.07) is 5.06. The van der Waals surface area contributed by atoms with Crippen LogP contribution in [0.2, 0.25) is 0 Å². The molecule has 5 nitrogen and oxygen atoms in total. The number of aromatic nitrogens is 1. The third kappa shape index (κ3) is 3.52. The fourth-order valence-corrected chi connectivity index (χ4v) is 2.33. The lowest BCUT2D eigenvalue weighted by Gasteiger charge is -2.27. The Morgan fingerprint density at radius 1 is 1.47 bits per heavy atom. The number of nitrogens with one attached hydrogen (secondary N) is 1. The second-order valence-corrected chi connectivity index (χ2v) is 4.87. The summed E-state index contributed by atoms with van der Waals surface area (Å²) >= 11 is 0. The Hall–Kier alpha value is -1.93. The third-order valence-corrected chi connectivity index (χ3v) is 3.52. The first-order valence-electron chi connectivity index (χ1n) is 6.53. The number of carbonyl (C=O) groups excluding carboxylic acids is 1. The molecule has 0 radical (unpaired) electrons. The first kappa shape index (κ1) is 13.5. The van der Waals surface area contributed by atoms with Crippen molar-refractivity contribution in [2.45, 2.75) is 31.8 Å². The van der Waals surface area contributed by atoms with E-state index < -0.39 is 0 Å². The van der Waals surface area contributed by atoms with Gasteiger partial charge in [-0.15, -0.1) is 0 Å². The lowest BCUT2D eigenvalue weighted by molar-refractivity contribution is 0.0661. The molecule has 1 aromatic heterocycles. The number of amides is 1. The molecule has 1 aromatic rings. The lowest BCUT2D eigenvalue weighted by Crippen LogP contribution is -2.36. The van der Waals surface area contributed by atoms with Crippen LogP contribution in [0.1, 0.15) is 41.7 Å². The highest BCUT2D eigenvalue weighted by Gasteiger charge is 2.23. The van der Waals surface area contributed by atoms with Gasteiger partial charge in [0.15, 0.2) is 0 Å². The Labute approximate surface area is 112 Å². The molecule has 100 valence electrons. The van der Waals surface area contributed by atoms with Crippen molar-refractivity contribution in [3.05, 3.63) is 29.6 Å². The van der Waals surface area contributed by atoms with Crippen LogP contribution in [0.5, 0.6) is 0 Å². The van der Waals surface area contributed by atoms with Gasteiger partial charge in [-0.3, -0.25) is 4.79 Å². The van der Waals surface area contributed by atoms with Crippen LogP contribution in [0.15, 0.2) is 18.3 Å². The predicted molar refractivity (Wildman–Crippen MR) is 69.3 cm³/mol. The standard InChI is InChI=1S/C14H17N3O2/c15-7-10-5-6-12(16-8-10)14(19)17-9-11-3-1-2-4-13(11)18/h5-6,8,11,13,18H,1-4,9H2,(H,17,19). The summed E-state index contributed by atoms with van der Waals surface area (Å²) in [5.74, 6) is -0.127. The van der Waals surface area contributed by atoms with Crippen molar-refractivity contribution < 1.29 is 9.90 Å². The average Bonchev–Trinajstić information content (AvgIpc) is 2.46. The molecule has 2 atom stereocenters. The maximum Gasteiger partial charge on any atom is 0.269 e. The number of pyridine rings is 1. The Bertz CT molecular complexity index is 478. The molecule has 1 aliphatic rings. The molecule has 1 saturated carbocycles. The van der Waals surface area contributed by atoms with Crippen molar-refractivity contribution in [1.82, 2.24) is 10.3 Å². The highest BCUT2D eigenvalue weighted by molar-refractivity contribution is 5.92. The zero-order valence-electron chi connectivity index (χ0n) is 10.7. The van der Waals surface area contributed by atoms with Gasteiger partial charge in [0.05, 0.1) is 11.7 Å². The first-order valence-corrected chi connectivity index (χ1v) is 6.53. The van der Waals surface area contributed by atoms with Gasteiger partial charge in [-0.2, -0.15) is 5.26 Å². The van der Waals surface area contributed by atoms with Gasteiger partial charge in [0.2, 0.25) is 0 Å². The summed E-state index contributed by atoms with van der Waals surface area (Å²) in [6.07, 6.45) is 4.99. The van der Waals surface area contributed by atoms with Gasteiger partial charge in [-0.05, 0) is 25.0 Å². The van der Waals surface area contributed by atoms with E-state index in [1.54, 1.807) is 6.07 Å². The number of rotatable bonds is 3. The van der Waals surface area contributed by atoms with Crippen molar-refractivity contribution in [2.24, 2.45) is 5.92 Å². The van der Waals surface area contributed by atoms with Crippen LogP contribution < -0.4 is 5.32 Å². The predicted octanol–water partition coefficient (Wildman–Crippen LogP) is 1.23. The summed E-state index contributed by atoms with van der Waals surface area (Å²) in [4.78, 5) is 15.8. The quantitative estimate of drug-likeness (QED) is 0.855. The van der Waals surface area contributed by atoms with Gasteiger partial charge in [0.1, 0.15) is 11.8 Å². The van der Waals surface area contributed by atoms with Crippen molar-refractivity contribution in [2.75, 3.05) is 6.54 Å². The molecule has 2 unspecified atom stereocenters. The van der Waals surface area contributed by atoms with E-state index in [-0.39, 0.29) is 17.9 Å². The summed E-state index contributed by atoms with van der Waals surface area (Å²) in [5.41, 5.74) is 0.726. The number of hydrogen-bond donors (Lipinski definition) is 2. The minimum Gasteiger partial charge on any atom is -0.393 e. The minimum absolute atomic E-state index is 0.135. The second-order valence-electron chi connectivity index (χ2n) is 4.87. The fraction of sp³-hybridized carbons (Fsp3) is 0.500. The van der Waals surface area contributed by atoms with Crippen LogP contribution in [-0.4, -0.2) is 28.6 Å². The van der Waals surface area contributed by atoms with Crippen LogP contribution in [0.3, 0.4) is 0 Å². The zero-order valence-corrected chi connectivity index (χ0v) is 10.7. The normalized spacial score (nSPS) is 22.5. The summed E-state index contributed by atoms with van der Waals surface area (Å²) in [6.45, 7) is 0.474. The van der Waals surface area contributed by atoms with Gasteiger partial charge in [-0.1, -0.05) is 12.8 Å². The second kappa shape index (κ2) is 6.30. The molecule has 0 spiro atoms. The first-order chi connectivity index (χ1) is 9.20. The van der Waals surface area contributed by atoms with E-state index in [0.717, 1.165) is 25.7 Å². The SMILES string of the molecule is N#Cc1ccc(C(=O)NCC2CCCCC2O)nc1. The van der Waals surface area contributed by atoms with Crippen molar-refractivity contribution in [1.29, 1.82) is 5.26 Å². The van der Waals surface area contributed by atoms with Gasteiger partial charge in [0.25, 0.3) is 5.91 Å². The van der Waals surface area contributed by atoms with Crippen molar-refractivity contribution >= 4 is 5.91 Å². The van der Waals surface area contributed by atoms with E-state index >= 15 is 0 Å². The van der Waals surface area contributed by atoms with Crippen LogP contribution >= 0.6 is 0 Å². The van der Waals surface area contributed by atoms with Crippen LogP contribution in [0, 0.1) is 17.2 Å². The molecule has 2 rings (SSSR count). The van der Waals surface area contributed by atoms with E-state index in [0.29, 0.717) is 17.8 Å². The molecule has 1 amide bonds. The Morgan fingerprint density at radius 3 is 2.89 bits per heavy atom. The number of nitriles is 1. The molecule has 1 aliphatic carbocycles. The molecule has 5 heteroatoms. The van der Waals surface area contributed by atoms with Gasteiger partial charge in [-0.25, -0.2) is 4.98 Å². The molecule has 1 fully saturated rings. The molecular weight excluding hydrogens is 242 g/mol. The fourth-order valence-electron chi connectivity index (χ4n) is 2.33. The smallest absolute Gasteiger partial charge is 0.269 e. The van der Waals surface area contributed by atoms with Crippen LogP contribution in [0.4, 0.5) is 0 Å². The largest absolute Gasteiger partial charge is 0.393 e. The molecule has 2 N–H and O–H groups in total. The molecule has 0 bridgehead atoms. The van der Waals surface area contributed by atoms with Gasteiger partial charge < -0.3 is 10.4 Å². The maximum absolute atomic E-state index is 11.9. The van der Waals surface area contributed by atoms with E-state index in [1.165, 1.54) is 12.3 Å². The molecule has 0 aromatic carbocycles. The van der Waals surface area contributed by atoms with E-state index in [1.807, 2.05) is 6.07 Å². The van der Waals surface area contributed by atoms with Crippen molar-refractivity contribution in [3.63, 3.8) is 0 Å². The third-order valence-electron chi connectivity index (χ3n) is 3.52. The zero-order chi connectivity index (χ0) is 13.7. The average molecular weight is 259 g/mol.